The highest BCUT2D eigenvalue weighted by molar-refractivity contribution is 5.86. The molecule has 5 heteroatoms. The molecule has 4 N–H and O–H groups in total. The maximum absolute atomic E-state index is 11.8. The molecule has 5 nitrogen and oxygen atoms in total. The van der Waals surface area contributed by atoms with Crippen LogP contribution in [0.2, 0.25) is 0 Å². The zero-order valence-corrected chi connectivity index (χ0v) is 10.5. The maximum Gasteiger partial charge on any atom is 0.312 e. The van der Waals surface area contributed by atoms with Crippen molar-refractivity contribution in [3.8, 4) is 0 Å². The summed E-state index contributed by atoms with van der Waals surface area (Å²) in [6, 6.07) is -1.09. The molecule has 0 heterocycles. The Morgan fingerprint density at radius 2 is 1.75 bits per heavy atom. The van der Waals surface area contributed by atoms with Gasteiger partial charge in [0.05, 0.1) is 0 Å². The van der Waals surface area contributed by atoms with Crippen LogP contribution in [0, 0.1) is 5.92 Å². The largest absolute Gasteiger partial charge is 0.352 e. The molecule has 0 aromatic rings. The first-order valence-electron chi connectivity index (χ1n) is 5.73. The second-order valence-electron chi connectivity index (χ2n) is 4.51. The third kappa shape index (κ3) is 6.27. The van der Waals surface area contributed by atoms with Crippen molar-refractivity contribution in [2.45, 2.75) is 52.6 Å². The van der Waals surface area contributed by atoms with Crippen LogP contribution in [0.5, 0.6) is 0 Å². The van der Waals surface area contributed by atoms with Crippen molar-refractivity contribution in [2.75, 3.05) is 0 Å². The molecule has 0 spiro atoms. The van der Waals surface area contributed by atoms with E-state index in [4.69, 9.17) is 5.73 Å². The second-order valence-corrected chi connectivity index (χ2v) is 4.51. The summed E-state index contributed by atoms with van der Waals surface area (Å²) in [5.74, 6) is 0.154. The minimum atomic E-state index is -0.662. The van der Waals surface area contributed by atoms with Gasteiger partial charge >= 0.3 is 6.03 Å². The van der Waals surface area contributed by atoms with Crippen LogP contribution in [0.4, 0.5) is 4.79 Å². The lowest BCUT2D eigenvalue weighted by Gasteiger charge is -2.21. The third-order valence-corrected chi connectivity index (χ3v) is 2.34. The molecule has 0 aromatic carbocycles. The summed E-state index contributed by atoms with van der Waals surface area (Å²) in [4.78, 5) is 22.6. The molecule has 0 radical (unpaired) electrons. The number of carbonyl (C=O) groups is 2. The zero-order valence-electron chi connectivity index (χ0n) is 10.5. The number of rotatable bonds is 6. The topological polar surface area (TPSA) is 84.2 Å². The molecular formula is C11H23N3O2. The molecule has 0 bridgehead atoms. The molecule has 0 saturated carbocycles. The van der Waals surface area contributed by atoms with E-state index in [2.05, 4.69) is 10.6 Å². The van der Waals surface area contributed by atoms with Crippen molar-refractivity contribution in [3.05, 3.63) is 0 Å². The lowest BCUT2D eigenvalue weighted by Crippen LogP contribution is -2.50. The number of hydrogen-bond acceptors (Lipinski definition) is 2. The van der Waals surface area contributed by atoms with E-state index in [1.54, 1.807) is 0 Å². The first-order chi connectivity index (χ1) is 7.36. The molecule has 0 aliphatic heterocycles. The second kappa shape index (κ2) is 7.09. The van der Waals surface area contributed by atoms with Crippen molar-refractivity contribution < 1.29 is 9.59 Å². The molecule has 0 unspecified atom stereocenters. The van der Waals surface area contributed by atoms with E-state index < -0.39 is 12.1 Å². The van der Waals surface area contributed by atoms with Crippen LogP contribution in [-0.4, -0.2) is 24.0 Å². The Morgan fingerprint density at radius 3 is 2.12 bits per heavy atom. The molecular weight excluding hydrogens is 206 g/mol. The van der Waals surface area contributed by atoms with E-state index in [0.29, 0.717) is 12.3 Å². The number of nitrogens with two attached hydrogens (primary N) is 1. The Labute approximate surface area is 97.2 Å². The monoisotopic (exact) mass is 229 g/mol. The lowest BCUT2D eigenvalue weighted by atomic mass is 10.0. The highest BCUT2D eigenvalue weighted by Crippen LogP contribution is 2.05. The van der Waals surface area contributed by atoms with Crippen molar-refractivity contribution in [3.63, 3.8) is 0 Å². The molecule has 0 fully saturated rings. The van der Waals surface area contributed by atoms with Gasteiger partial charge in [-0.3, -0.25) is 4.79 Å². The van der Waals surface area contributed by atoms with Gasteiger partial charge in [-0.1, -0.05) is 20.8 Å². The van der Waals surface area contributed by atoms with Crippen LogP contribution in [0.15, 0.2) is 0 Å². The van der Waals surface area contributed by atoms with E-state index in [1.165, 1.54) is 0 Å². The van der Waals surface area contributed by atoms with E-state index >= 15 is 0 Å². The fraction of sp³-hybridized carbons (Fsp3) is 0.818. The molecule has 94 valence electrons. The fourth-order valence-corrected chi connectivity index (χ4v) is 1.32. The molecule has 0 aliphatic rings. The summed E-state index contributed by atoms with van der Waals surface area (Å²) in [6.07, 6.45) is 1.45. The SMILES string of the molecule is CC[C@H](C)NC(=O)[C@@H](CC(C)C)NC(N)=O. The lowest BCUT2D eigenvalue weighted by molar-refractivity contribution is -0.123. The van der Waals surface area contributed by atoms with Gasteiger partial charge in [0.15, 0.2) is 0 Å². The summed E-state index contributed by atoms with van der Waals surface area (Å²) in [7, 11) is 0. The number of primary amides is 1. The van der Waals surface area contributed by atoms with Crippen LogP contribution in [0.1, 0.15) is 40.5 Å². The van der Waals surface area contributed by atoms with Crippen molar-refractivity contribution >= 4 is 11.9 Å². The van der Waals surface area contributed by atoms with Crippen LogP contribution in [0.3, 0.4) is 0 Å². The number of hydrogen-bond donors (Lipinski definition) is 3. The summed E-state index contributed by atoms with van der Waals surface area (Å²) >= 11 is 0. The third-order valence-electron chi connectivity index (χ3n) is 2.34. The van der Waals surface area contributed by atoms with Crippen LogP contribution < -0.4 is 16.4 Å². The average Bonchev–Trinajstić information content (AvgIpc) is 2.15. The van der Waals surface area contributed by atoms with Gasteiger partial charge in [0.2, 0.25) is 5.91 Å². The van der Waals surface area contributed by atoms with Gasteiger partial charge in [0.1, 0.15) is 6.04 Å². The molecule has 0 aliphatic carbocycles. The molecule has 3 amide bonds. The number of nitrogens with one attached hydrogen (secondary N) is 2. The van der Waals surface area contributed by atoms with Gasteiger partial charge in [0, 0.05) is 6.04 Å². The van der Waals surface area contributed by atoms with Crippen LogP contribution in [-0.2, 0) is 4.79 Å². The van der Waals surface area contributed by atoms with Crippen LogP contribution >= 0.6 is 0 Å². The molecule has 2 atom stereocenters. The number of urea groups is 1. The van der Waals surface area contributed by atoms with Gasteiger partial charge in [-0.2, -0.15) is 0 Å². The summed E-state index contributed by atoms with van der Waals surface area (Å²) < 4.78 is 0. The Balaban J connectivity index is 4.37. The van der Waals surface area contributed by atoms with E-state index in [9.17, 15) is 9.59 Å². The highest BCUT2D eigenvalue weighted by Gasteiger charge is 2.21. The first-order valence-corrected chi connectivity index (χ1v) is 5.73. The molecule has 0 rings (SSSR count). The van der Waals surface area contributed by atoms with E-state index in [1.807, 2.05) is 27.7 Å². The number of carbonyl (C=O) groups excluding carboxylic acids is 2. The van der Waals surface area contributed by atoms with E-state index in [0.717, 1.165) is 6.42 Å². The Kier molecular flexibility index (Phi) is 6.53. The minimum absolute atomic E-state index is 0.108. The van der Waals surface area contributed by atoms with Gasteiger partial charge in [-0.25, -0.2) is 4.79 Å². The van der Waals surface area contributed by atoms with Gasteiger partial charge in [0.25, 0.3) is 0 Å². The Bertz CT molecular complexity index is 241. The van der Waals surface area contributed by atoms with Crippen molar-refractivity contribution in [1.29, 1.82) is 0 Å². The summed E-state index contributed by atoms with van der Waals surface area (Å²) in [5, 5.41) is 5.30. The normalized spacial score (nSPS) is 14.3. The summed E-state index contributed by atoms with van der Waals surface area (Å²) in [5.41, 5.74) is 5.04. The minimum Gasteiger partial charge on any atom is -0.352 e. The Morgan fingerprint density at radius 1 is 1.19 bits per heavy atom. The first kappa shape index (κ1) is 14.7. The van der Waals surface area contributed by atoms with Gasteiger partial charge in [-0.05, 0) is 25.7 Å². The van der Waals surface area contributed by atoms with E-state index in [-0.39, 0.29) is 11.9 Å². The predicted molar refractivity (Wildman–Crippen MR) is 63.9 cm³/mol. The average molecular weight is 229 g/mol. The molecule has 16 heavy (non-hydrogen) atoms. The van der Waals surface area contributed by atoms with Crippen LogP contribution in [0.25, 0.3) is 0 Å². The zero-order chi connectivity index (χ0) is 12.7. The fourth-order valence-electron chi connectivity index (χ4n) is 1.32. The van der Waals surface area contributed by atoms with Crippen molar-refractivity contribution in [1.82, 2.24) is 10.6 Å². The quantitative estimate of drug-likeness (QED) is 0.634. The number of amides is 3. The molecule has 0 saturated heterocycles. The Hall–Kier alpha value is -1.26. The molecule has 0 aromatic heterocycles. The summed E-state index contributed by atoms with van der Waals surface area (Å²) in [6.45, 7) is 7.90. The maximum atomic E-state index is 11.8. The van der Waals surface area contributed by atoms with Crippen molar-refractivity contribution in [2.24, 2.45) is 11.7 Å². The smallest absolute Gasteiger partial charge is 0.312 e. The highest BCUT2D eigenvalue weighted by atomic mass is 16.2. The predicted octanol–water partition coefficient (Wildman–Crippen LogP) is 0.984. The van der Waals surface area contributed by atoms with Gasteiger partial charge in [-0.15, -0.1) is 0 Å². The standard InChI is InChI=1S/C11H23N3O2/c1-5-8(4)13-10(15)9(6-7(2)3)14-11(12)16/h7-9H,5-6H2,1-4H3,(H,13,15)(H3,12,14,16)/t8-,9+/m0/s1. The van der Waals surface area contributed by atoms with Gasteiger partial charge < -0.3 is 16.4 Å².